The number of nitrogens with zero attached hydrogens (tertiary/aromatic N) is 2. The molecular weight excluding hydrogens is 310 g/mol. The number of hydrogen-bond acceptors (Lipinski definition) is 5. The first kappa shape index (κ1) is 16.2. The molecule has 0 radical (unpaired) electrons. The maximum absolute atomic E-state index is 12.5. The van der Waals surface area contributed by atoms with Crippen molar-refractivity contribution in [3.63, 3.8) is 0 Å². The van der Waals surface area contributed by atoms with Gasteiger partial charge < -0.3 is 14.9 Å². The number of aliphatic carboxylic acids is 1. The van der Waals surface area contributed by atoms with Gasteiger partial charge in [-0.2, -0.15) is 0 Å². The summed E-state index contributed by atoms with van der Waals surface area (Å²) in [5.74, 6) is -1.46. The van der Waals surface area contributed by atoms with Crippen molar-refractivity contribution < 1.29 is 19.2 Å². The van der Waals surface area contributed by atoms with Crippen LogP contribution in [0.5, 0.6) is 0 Å². The van der Waals surface area contributed by atoms with Gasteiger partial charge >= 0.3 is 5.97 Å². The molecule has 3 rings (SSSR count). The van der Waals surface area contributed by atoms with Gasteiger partial charge in [-0.3, -0.25) is 14.6 Å². The van der Waals surface area contributed by atoms with Crippen LogP contribution < -0.4 is 5.32 Å². The van der Waals surface area contributed by atoms with Gasteiger partial charge in [-0.1, -0.05) is 18.0 Å². The van der Waals surface area contributed by atoms with Gasteiger partial charge in [0.25, 0.3) is 5.91 Å². The Morgan fingerprint density at radius 3 is 2.96 bits per heavy atom. The molecule has 1 amide bonds. The minimum Gasteiger partial charge on any atom is -0.481 e. The molecule has 7 nitrogen and oxygen atoms in total. The summed E-state index contributed by atoms with van der Waals surface area (Å²) in [5, 5.41) is 16.1. The summed E-state index contributed by atoms with van der Waals surface area (Å²) in [5.41, 5.74) is 0.0651. The van der Waals surface area contributed by atoms with E-state index in [1.165, 1.54) is 6.07 Å². The number of amides is 1. The fourth-order valence-corrected chi connectivity index (χ4v) is 3.23. The Hall–Kier alpha value is -2.70. The number of carboxylic acids is 1. The fraction of sp³-hybridized carbons (Fsp3) is 0.412. The zero-order valence-electron chi connectivity index (χ0n) is 13.4. The van der Waals surface area contributed by atoms with Crippen molar-refractivity contribution in [2.24, 2.45) is 5.92 Å². The summed E-state index contributed by atoms with van der Waals surface area (Å²) in [7, 11) is 0. The Morgan fingerprint density at radius 2 is 2.25 bits per heavy atom. The van der Waals surface area contributed by atoms with E-state index >= 15 is 0 Å². The molecule has 0 aliphatic heterocycles. The van der Waals surface area contributed by atoms with Gasteiger partial charge in [0.2, 0.25) is 0 Å². The molecule has 2 atom stereocenters. The minimum atomic E-state index is -0.881. The van der Waals surface area contributed by atoms with Crippen LogP contribution in [0.1, 0.15) is 43.1 Å². The predicted molar refractivity (Wildman–Crippen MR) is 85.2 cm³/mol. The zero-order chi connectivity index (χ0) is 17.2. The molecule has 1 fully saturated rings. The number of carboxylic acid groups (broad SMARTS) is 1. The van der Waals surface area contributed by atoms with E-state index in [0.717, 1.165) is 18.4 Å². The molecule has 24 heavy (non-hydrogen) atoms. The summed E-state index contributed by atoms with van der Waals surface area (Å²) < 4.78 is 5.20. The molecule has 126 valence electrons. The van der Waals surface area contributed by atoms with Gasteiger partial charge in [-0.15, -0.1) is 0 Å². The van der Waals surface area contributed by atoms with Gasteiger partial charge in [0.05, 0.1) is 11.5 Å². The molecular formula is C17H19N3O4. The van der Waals surface area contributed by atoms with Crippen molar-refractivity contribution in [2.45, 2.75) is 38.1 Å². The topological polar surface area (TPSA) is 105 Å². The molecule has 0 aromatic carbocycles. The van der Waals surface area contributed by atoms with E-state index in [0.29, 0.717) is 18.6 Å². The van der Waals surface area contributed by atoms with Gasteiger partial charge in [0.15, 0.2) is 11.5 Å². The molecule has 2 heterocycles. The Kier molecular flexibility index (Phi) is 4.33. The van der Waals surface area contributed by atoms with Crippen molar-refractivity contribution in [1.82, 2.24) is 15.5 Å². The smallest absolute Gasteiger partial charge is 0.308 e. The van der Waals surface area contributed by atoms with E-state index in [9.17, 15) is 14.7 Å². The van der Waals surface area contributed by atoms with E-state index in [2.05, 4.69) is 15.5 Å². The van der Waals surface area contributed by atoms with E-state index in [1.807, 2.05) is 0 Å². The SMILES string of the molecule is CC1(NC(=O)c2cc(-c3cccnc3)on2)CCCCC1C(=O)O. The van der Waals surface area contributed by atoms with Gasteiger partial charge in [0, 0.05) is 24.0 Å². The third-order valence-corrected chi connectivity index (χ3v) is 4.59. The highest BCUT2D eigenvalue weighted by Crippen LogP contribution is 2.34. The van der Waals surface area contributed by atoms with Crippen LogP contribution in [0.15, 0.2) is 35.1 Å². The number of pyridine rings is 1. The molecule has 2 N–H and O–H groups in total. The molecule has 1 aliphatic rings. The number of nitrogens with one attached hydrogen (secondary N) is 1. The van der Waals surface area contributed by atoms with Crippen LogP contribution in [0.4, 0.5) is 0 Å². The van der Waals surface area contributed by atoms with Crippen molar-refractivity contribution >= 4 is 11.9 Å². The number of aromatic nitrogens is 2. The molecule has 2 aromatic rings. The Morgan fingerprint density at radius 1 is 1.42 bits per heavy atom. The second-order valence-electron chi connectivity index (χ2n) is 6.33. The lowest BCUT2D eigenvalue weighted by molar-refractivity contribution is -0.145. The third-order valence-electron chi connectivity index (χ3n) is 4.59. The first-order valence-electron chi connectivity index (χ1n) is 7.92. The monoisotopic (exact) mass is 329 g/mol. The third kappa shape index (κ3) is 3.15. The molecule has 2 unspecified atom stereocenters. The average Bonchev–Trinajstić information content (AvgIpc) is 3.05. The fourth-order valence-electron chi connectivity index (χ4n) is 3.23. The van der Waals surface area contributed by atoms with Crippen molar-refractivity contribution in [2.75, 3.05) is 0 Å². The Labute approximate surface area is 139 Å². The normalized spacial score (nSPS) is 23.6. The predicted octanol–water partition coefficient (Wildman–Crippen LogP) is 2.50. The average molecular weight is 329 g/mol. The molecule has 0 saturated heterocycles. The molecule has 0 spiro atoms. The molecule has 1 saturated carbocycles. The maximum atomic E-state index is 12.5. The van der Waals surface area contributed by atoms with E-state index in [-0.39, 0.29) is 5.69 Å². The molecule has 2 aromatic heterocycles. The standard InChI is InChI=1S/C17H19N3O4/c1-17(7-3-2-6-12(17)16(22)23)19-15(21)13-9-14(24-20-13)11-5-4-8-18-10-11/h4-5,8-10,12H,2-3,6-7H2,1H3,(H,19,21)(H,22,23). The van der Waals surface area contributed by atoms with Crippen LogP contribution in [0.2, 0.25) is 0 Å². The maximum Gasteiger partial charge on any atom is 0.308 e. The number of rotatable bonds is 4. The molecule has 1 aliphatic carbocycles. The molecule has 7 heteroatoms. The van der Waals surface area contributed by atoms with Crippen LogP contribution in [0.25, 0.3) is 11.3 Å². The van der Waals surface area contributed by atoms with Crippen molar-refractivity contribution in [1.29, 1.82) is 0 Å². The second kappa shape index (κ2) is 6.43. The van der Waals surface area contributed by atoms with E-state index in [1.54, 1.807) is 31.5 Å². The van der Waals surface area contributed by atoms with Crippen LogP contribution in [-0.4, -0.2) is 32.7 Å². The summed E-state index contributed by atoms with van der Waals surface area (Å²) in [6.07, 6.45) is 6.20. The largest absolute Gasteiger partial charge is 0.481 e. The quantitative estimate of drug-likeness (QED) is 0.893. The van der Waals surface area contributed by atoms with Crippen LogP contribution in [0.3, 0.4) is 0 Å². The van der Waals surface area contributed by atoms with E-state index in [4.69, 9.17) is 4.52 Å². The number of carbonyl (C=O) groups is 2. The van der Waals surface area contributed by atoms with E-state index < -0.39 is 23.3 Å². The van der Waals surface area contributed by atoms with Gasteiger partial charge in [-0.05, 0) is 31.9 Å². The van der Waals surface area contributed by atoms with Crippen molar-refractivity contribution in [3.05, 3.63) is 36.3 Å². The van der Waals surface area contributed by atoms with Crippen LogP contribution in [0, 0.1) is 5.92 Å². The summed E-state index contributed by atoms with van der Waals surface area (Å²) in [6, 6.07) is 5.10. The van der Waals surface area contributed by atoms with Crippen LogP contribution in [-0.2, 0) is 4.79 Å². The summed E-state index contributed by atoms with van der Waals surface area (Å²) >= 11 is 0. The lowest BCUT2D eigenvalue weighted by atomic mass is 9.74. The summed E-state index contributed by atoms with van der Waals surface area (Å²) in [4.78, 5) is 28.0. The minimum absolute atomic E-state index is 0.129. The van der Waals surface area contributed by atoms with Crippen LogP contribution >= 0.6 is 0 Å². The lowest BCUT2D eigenvalue weighted by Crippen LogP contribution is -2.55. The van der Waals surface area contributed by atoms with Gasteiger partial charge in [-0.25, -0.2) is 0 Å². The van der Waals surface area contributed by atoms with Gasteiger partial charge in [0.1, 0.15) is 0 Å². The Balaban J connectivity index is 1.77. The first-order chi connectivity index (χ1) is 11.5. The zero-order valence-corrected chi connectivity index (χ0v) is 13.4. The highest BCUT2D eigenvalue weighted by Gasteiger charge is 2.42. The van der Waals surface area contributed by atoms with Crippen molar-refractivity contribution in [3.8, 4) is 11.3 Å². The lowest BCUT2D eigenvalue weighted by Gasteiger charge is -2.39. The molecule has 0 bridgehead atoms. The first-order valence-corrected chi connectivity index (χ1v) is 7.92. The Bertz CT molecular complexity index is 743. The number of carbonyl (C=O) groups excluding carboxylic acids is 1. The number of hydrogen-bond donors (Lipinski definition) is 2. The second-order valence-corrected chi connectivity index (χ2v) is 6.33. The highest BCUT2D eigenvalue weighted by atomic mass is 16.5. The summed E-state index contributed by atoms with van der Waals surface area (Å²) in [6.45, 7) is 1.78. The highest BCUT2D eigenvalue weighted by molar-refractivity contribution is 5.94.